The number of Topliss-reactive ketones (excluding diaryl/α,β-unsaturated/α-hetero) is 1. The molecule has 0 heterocycles. The third kappa shape index (κ3) is 1.15. The van der Waals surface area contributed by atoms with Crippen molar-refractivity contribution in [3.8, 4) is 0 Å². The number of ether oxygens (including phenoxy) is 2. The van der Waals surface area contributed by atoms with Gasteiger partial charge in [-0.1, -0.05) is 0 Å². The van der Waals surface area contributed by atoms with Crippen molar-refractivity contribution in [2.45, 2.75) is 31.5 Å². The molecule has 2 atom stereocenters. The molecule has 0 saturated heterocycles. The number of rotatable bonds is 2. The SMILES string of the molecule is COC1C2=C(C(=O)CCC2)C1OC. The molecule has 3 heteroatoms. The van der Waals surface area contributed by atoms with E-state index in [0.29, 0.717) is 6.42 Å². The van der Waals surface area contributed by atoms with Gasteiger partial charge in [-0.3, -0.25) is 4.79 Å². The average molecular weight is 182 g/mol. The number of hydrogen-bond donors (Lipinski definition) is 0. The van der Waals surface area contributed by atoms with Crippen LogP contribution in [0.15, 0.2) is 11.1 Å². The van der Waals surface area contributed by atoms with Crippen LogP contribution in [0.5, 0.6) is 0 Å². The Balaban J connectivity index is 2.27. The van der Waals surface area contributed by atoms with Crippen molar-refractivity contribution in [3.05, 3.63) is 11.1 Å². The van der Waals surface area contributed by atoms with E-state index in [1.165, 1.54) is 5.57 Å². The second kappa shape index (κ2) is 3.24. The minimum absolute atomic E-state index is 0.0317. The highest BCUT2D eigenvalue weighted by atomic mass is 16.5. The Morgan fingerprint density at radius 3 is 2.46 bits per heavy atom. The normalized spacial score (nSPS) is 32.9. The first-order valence-corrected chi connectivity index (χ1v) is 4.61. The third-order valence-electron chi connectivity index (χ3n) is 2.91. The molecular formula is C10H14O3. The van der Waals surface area contributed by atoms with Crippen LogP contribution in [0.1, 0.15) is 19.3 Å². The standard InChI is InChI=1S/C10H14O3/c1-12-9-6-4-3-5-7(11)8(6)10(9)13-2/h9-10H,3-5H2,1-2H3. The van der Waals surface area contributed by atoms with E-state index in [4.69, 9.17) is 9.47 Å². The van der Waals surface area contributed by atoms with E-state index in [1.54, 1.807) is 14.2 Å². The van der Waals surface area contributed by atoms with Gasteiger partial charge in [0, 0.05) is 26.2 Å². The van der Waals surface area contributed by atoms with Crippen molar-refractivity contribution in [1.82, 2.24) is 0 Å². The molecule has 2 aliphatic rings. The molecule has 0 bridgehead atoms. The van der Waals surface area contributed by atoms with Crippen molar-refractivity contribution in [2.75, 3.05) is 14.2 Å². The molecule has 0 spiro atoms. The highest BCUT2D eigenvalue weighted by Gasteiger charge is 2.45. The van der Waals surface area contributed by atoms with Crippen molar-refractivity contribution >= 4 is 5.78 Å². The van der Waals surface area contributed by atoms with E-state index >= 15 is 0 Å². The van der Waals surface area contributed by atoms with Crippen molar-refractivity contribution in [3.63, 3.8) is 0 Å². The number of carbonyl (C=O) groups excluding carboxylic acids is 1. The monoisotopic (exact) mass is 182 g/mol. The van der Waals surface area contributed by atoms with Crippen LogP contribution < -0.4 is 0 Å². The molecule has 2 aliphatic carbocycles. The lowest BCUT2D eigenvalue weighted by molar-refractivity contribution is -0.121. The second-order valence-corrected chi connectivity index (χ2v) is 3.53. The predicted octanol–water partition coefficient (Wildman–Crippen LogP) is 1.08. The van der Waals surface area contributed by atoms with Gasteiger partial charge < -0.3 is 9.47 Å². The van der Waals surface area contributed by atoms with Crippen LogP contribution in [0, 0.1) is 0 Å². The van der Waals surface area contributed by atoms with Crippen LogP contribution >= 0.6 is 0 Å². The molecule has 0 aromatic rings. The fraction of sp³-hybridized carbons (Fsp3) is 0.700. The first-order chi connectivity index (χ1) is 6.29. The zero-order valence-electron chi connectivity index (χ0n) is 8.00. The van der Waals surface area contributed by atoms with Crippen LogP contribution in [-0.2, 0) is 14.3 Å². The fourth-order valence-electron chi connectivity index (χ4n) is 2.27. The first-order valence-electron chi connectivity index (χ1n) is 4.61. The maximum atomic E-state index is 11.5. The topological polar surface area (TPSA) is 35.5 Å². The Morgan fingerprint density at radius 2 is 1.85 bits per heavy atom. The van der Waals surface area contributed by atoms with E-state index in [1.807, 2.05) is 0 Å². The summed E-state index contributed by atoms with van der Waals surface area (Å²) in [5.41, 5.74) is 2.06. The lowest BCUT2D eigenvalue weighted by Gasteiger charge is -2.41. The highest BCUT2D eigenvalue weighted by Crippen LogP contribution is 2.40. The zero-order valence-corrected chi connectivity index (χ0v) is 8.00. The summed E-state index contributed by atoms with van der Waals surface area (Å²) in [6, 6.07) is 0. The predicted molar refractivity (Wildman–Crippen MR) is 47.5 cm³/mol. The van der Waals surface area contributed by atoms with Crippen molar-refractivity contribution in [2.24, 2.45) is 0 Å². The molecule has 3 nitrogen and oxygen atoms in total. The third-order valence-corrected chi connectivity index (χ3v) is 2.91. The van der Waals surface area contributed by atoms with Gasteiger partial charge in [0.15, 0.2) is 5.78 Å². The summed E-state index contributed by atoms with van der Waals surface area (Å²) in [5.74, 6) is 0.251. The molecule has 0 N–H and O–H groups in total. The van der Waals surface area contributed by atoms with E-state index in [-0.39, 0.29) is 18.0 Å². The summed E-state index contributed by atoms with van der Waals surface area (Å²) in [5, 5.41) is 0. The number of ketones is 1. The van der Waals surface area contributed by atoms with Gasteiger partial charge in [-0.2, -0.15) is 0 Å². The van der Waals surface area contributed by atoms with E-state index in [2.05, 4.69) is 0 Å². The molecule has 72 valence electrons. The van der Waals surface area contributed by atoms with Gasteiger partial charge in [-0.25, -0.2) is 0 Å². The molecule has 0 aliphatic heterocycles. The average Bonchev–Trinajstić information content (AvgIpc) is 2.09. The van der Waals surface area contributed by atoms with Crippen LogP contribution in [0.2, 0.25) is 0 Å². The van der Waals surface area contributed by atoms with Gasteiger partial charge in [0.25, 0.3) is 0 Å². The highest BCUT2D eigenvalue weighted by molar-refractivity contribution is 6.00. The molecule has 2 unspecified atom stereocenters. The summed E-state index contributed by atoms with van der Waals surface area (Å²) in [7, 11) is 3.29. The van der Waals surface area contributed by atoms with Crippen molar-refractivity contribution in [1.29, 1.82) is 0 Å². The van der Waals surface area contributed by atoms with Gasteiger partial charge in [0.2, 0.25) is 0 Å². The van der Waals surface area contributed by atoms with E-state index in [9.17, 15) is 4.79 Å². The van der Waals surface area contributed by atoms with Crippen LogP contribution in [0.25, 0.3) is 0 Å². The number of methoxy groups -OCH3 is 2. The Bertz CT molecular complexity index is 267. The molecule has 0 fully saturated rings. The Kier molecular flexibility index (Phi) is 2.22. The molecule has 0 radical (unpaired) electrons. The summed E-state index contributed by atoms with van der Waals surface area (Å²) in [4.78, 5) is 11.5. The van der Waals surface area contributed by atoms with Gasteiger partial charge in [-0.05, 0) is 18.4 Å². The lowest BCUT2D eigenvalue weighted by atomic mass is 9.73. The Labute approximate surface area is 77.7 Å². The van der Waals surface area contributed by atoms with E-state index < -0.39 is 0 Å². The maximum Gasteiger partial charge on any atom is 0.161 e. The van der Waals surface area contributed by atoms with Gasteiger partial charge in [-0.15, -0.1) is 0 Å². The molecule has 0 saturated carbocycles. The Hall–Kier alpha value is -0.670. The minimum atomic E-state index is -0.104. The summed E-state index contributed by atoms with van der Waals surface area (Å²) in [6.45, 7) is 0. The Morgan fingerprint density at radius 1 is 1.15 bits per heavy atom. The molecule has 13 heavy (non-hydrogen) atoms. The molecule has 0 aromatic heterocycles. The molecule has 0 amide bonds. The van der Waals surface area contributed by atoms with Crippen LogP contribution in [-0.4, -0.2) is 32.2 Å². The van der Waals surface area contributed by atoms with Gasteiger partial charge in [0.05, 0.1) is 0 Å². The summed E-state index contributed by atoms with van der Waals surface area (Å²) in [6.07, 6.45) is 2.57. The minimum Gasteiger partial charge on any atom is -0.374 e. The number of hydrogen-bond acceptors (Lipinski definition) is 3. The maximum absolute atomic E-state index is 11.5. The first kappa shape index (κ1) is 8.91. The molecule has 0 aromatic carbocycles. The van der Waals surface area contributed by atoms with Crippen molar-refractivity contribution < 1.29 is 14.3 Å². The summed E-state index contributed by atoms with van der Waals surface area (Å²) >= 11 is 0. The van der Waals surface area contributed by atoms with Crippen LogP contribution in [0.4, 0.5) is 0 Å². The summed E-state index contributed by atoms with van der Waals surface area (Å²) < 4.78 is 10.5. The van der Waals surface area contributed by atoms with Gasteiger partial charge in [0.1, 0.15) is 12.2 Å². The quantitative estimate of drug-likeness (QED) is 0.641. The molecular weight excluding hydrogens is 168 g/mol. The smallest absolute Gasteiger partial charge is 0.161 e. The number of carbonyl (C=O) groups is 1. The van der Waals surface area contributed by atoms with Crippen LogP contribution in [0.3, 0.4) is 0 Å². The lowest BCUT2D eigenvalue weighted by Crippen LogP contribution is -2.48. The second-order valence-electron chi connectivity index (χ2n) is 3.53. The van der Waals surface area contributed by atoms with E-state index in [0.717, 1.165) is 18.4 Å². The molecule has 2 rings (SSSR count). The fourth-order valence-corrected chi connectivity index (χ4v) is 2.27. The largest absolute Gasteiger partial charge is 0.374 e. The van der Waals surface area contributed by atoms with Gasteiger partial charge >= 0.3 is 0 Å². The zero-order chi connectivity index (χ0) is 9.42.